The molecule has 0 spiro atoms. The van der Waals surface area contributed by atoms with Crippen molar-refractivity contribution in [3.8, 4) is 0 Å². The lowest BCUT2D eigenvalue weighted by Gasteiger charge is -2.18. The van der Waals surface area contributed by atoms with E-state index in [2.05, 4.69) is 55.4 Å². The van der Waals surface area contributed by atoms with Crippen molar-refractivity contribution in [2.75, 3.05) is 24.5 Å². The Labute approximate surface area is 141 Å². The van der Waals surface area contributed by atoms with Crippen LogP contribution in [0.15, 0.2) is 33.7 Å². The Bertz CT molecular complexity index is 525. The van der Waals surface area contributed by atoms with Crippen LogP contribution in [0.1, 0.15) is 32.1 Å². The van der Waals surface area contributed by atoms with Gasteiger partial charge in [0.15, 0.2) is 5.96 Å². The van der Waals surface area contributed by atoms with Gasteiger partial charge in [-0.3, -0.25) is 4.99 Å². The molecule has 1 atom stereocenters. The number of nitrogens with one attached hydrogen (secondary N) is 1. The van der Waals surface area contributed by atoms with E-state index in [-0.39, 0.29) is 0 Å². The summed E-state index contributed by atoms with van der Waals surface area (Å²) in [5, 5.41) is 3.36. The highest BCUT2D eigenvalue weighted by Crippen LogP contribution is 2.26. The number of benzene rings is 1. The van der Waals surface area contributed by atoms with Crippen LogP contribution in [-0.2, 0) is 0 Å². The van der Waals surface area contributed by atoms with Crippen LogP contribution in [0.5, 0.6) is 0 Å². The number of halogens is 1. The van der Waals surface area contributed by atoms with Gasteiger partial charge in [0, 0.05) is 35.8 Å². The minimum atomic E-state index is 0.547. The molecule has 1 saturated heterocycles. The van der Waals surface area contributed by atoms with Crippen molar-refractivity contribution in [2.24, 2.45) is 16.6 Å². The van der Waals surface area contributed by atoms with Crippen molar-refractivity contribution in [1.82, 2.24) is 5.32 Å². The normalized spacial score (nSPS) is 23.2. The van der Waals surface area contributed by atoms with Gasteiger partial charge >= 0.3 is 0 Å². The van der Waals surface area contributed by atoms with Gasteiger partial charge in [0.1, 0.15) is 0 Å². The molecule has 0 amide bonds. The SMILES string of the molecule is NC(=NCC1CCN(c2cccc(Br)c2)C1)NC1CCCC1. The maximum Gasteiger partial charge on any atom is 0.188 e. The van der Waals surface area contributed by atoms with Crippen LogP contribution in [0, 0.1) is 5.92 Å². The highest BCUT2D eigenvalue weighted by atomic mass is 79.9. The number of aliphatic imine (C=N–C) groups is 1. The number of anilines is 1. The molecule has 1 heterocycles. The Hall–Kier alpha value is -1.23. The summed E-state index contributed by atoms with van der Waals surface area (Å²) in [7, 11) is 0. The minimum absolute atomic E-state index is 0.547. The standard InChI is InChI=1S/C17H25BrN4/c18-14-4-3-7-16(10-14)22-9-8-13(12-22)11-20-17(19)21-15-5-1-2-6-15/h3-4,7,10,13,15H,1-2,5-6,8-9,11-12H2,(H3,19,20,21). The zero-order chi connectivity index (χ0) is 15.4. The van der Waals surface area contributed by atoms with Crippen molar-refractivity contribution in [1.29, 1.82) is 0 Å². The van der Waals surface area contributed by atoms with Gasteiger partial charge in [-0.1, -0.05) is 34.8 Å². The van der Waals surface area contributed by atoms with Crippen molar-refractivity contribution in [3.63, 3.8) is 0 Å². The van der Waals surface area contributed by atoms with E-state index in [1.165, 1.54) is 37.8 Å². The van der Waals surface area contributed by atoms with Crippen LogP contribution < -0.4 is 16.0 Å². The maximum absolute atomic E-state index is 6.02. The minimum Gasteiger partial charge on any atom is -0.371 e. The molecule has 0 bridgehead atoms. The molecule has 1 aromatic carbocycles. The van der Waals surface area contributed by atoms with Crippen LogP contribution in [0.3, 0.4) is 0 Å². The number of hydrogen-bond acceptors (Lipinski definition) is 2. The molecule has 3 rings (SSSR count). The summed E-state index contributed by atoms with van der Waals surface area (Å²) in [6, 6.07) is 9.06. The molecule has 1 saturated carbocycles. The van der Waals surface area contributed by atoms with E-state index in [0.29, 0.717) is 17.9 Å². The smallest absolute Gasteiger partial charge is 0.188 e. The van der Waals surface area contributed by atoms with Crippen LogP contribution in [0.25, 0.3) is 0 Å². The van der Waals surface area contributed by atoms with Gasteiger partial charge in [0.25, 0.3) is 0 Å². The molecular formula is C17H25BrN4. The van der Waals surface area contributed by atoms with Crippen LogP contribution >= 0.6 is 15.9 Å². The van der Waals surface area contributed by atoms with E-state index in [9.17, 15) is 0 Å². The number of nitrogens with two attached hydrogens (primary N) is 1. The van der Waals surface area contributed by atoms with E-state index in [4.69, 9.17) is 5.73 Å². The molecule has 1 aliphatic heterocycles. The van der Waals surface area contributed by atoms with Gasteiger partial charge in [0.2, 0.25) is 0 Å². The third-order valence-electron chi connectivity index (χ3n) is 4.69. The zero-order valence-corrected chi connectivity index (χ0v) is 14.6. The van der Waals surface area contributed by atoms with E-state index in [1.807, 2.05) is 0 Å². The number of hydrogen-bond donors (Lipinski definition) is 2. The number of rotatable bonds is 4. The Balaban J connectivity index is 1.48. The number of guanidine groups is 1. The molecule has 1 aromatic rings. The quantitative estimate of drug-likeness (QED) is 0.637. The fourth-order valence-corrected chi connectivity index (χ4v) is 3.83. The molecule has 4 nitrogen and oxygen atoms in total. The van der Waals surface area contributed by atoms with E-state index in [1.54, 1.807) is 0 Å². The highest BCUT2D eigenvalue weighted by Gasteiger charge is 2.23. The molecule has 22 heavy (non-hydrogen) atoms. The van der Waals surface area contributed by atoms with Gasteiger partial charge in [-0.25, -0.2) is 0 Å². The summed E-state index contributed by atoms with van der Waals surface area (Å²) in [5.41, 5.74) is 7.31. The predicted molar refractivity (Wildman–Crippen MR) is 96.3 cm³/mol. The first-order valence-corrected chi connectivity index (χ1v) is 9.07. The van der Waals surface area contributed by atoms with Gasteiger partial charge in [-0.2, -0.15) is 0 Å². The molecule has 1 unspecified atom stereocenters. The Morgan fingerprint density at radius 1 is 1.32 bits per heavy atom. The summed E-state index contributed by atoms with van der Waals surface area (Å²) in [6.07, 6.45) is 6.28. The summed E-state index contributed by atoms with van der Waals surface area (Å²) in [6.45, 7) is 3.00. The first-order valence-electron chi connectivity index (χ1n) is 8.27. The topological polar surface area (TPSA) is 53.6 Å². The van der Waals surface area contributed by atoms with Crippen molar-refractivity contribution in [2.45, 2.75) is 38.1 Å². The monoisotopic (exact) mass is 364 g/mol. The molecule has 0 aromatic heterocycles. The first-order chi connectivity index (χ1) is 10.7. The van der Waals surface area contributed by atoms with E-state index >= 15 is 0 Å². The third kappa shape index (κ3) is 4.15. The average Bonchev–Trinajstić information content (AvgIpc) is 3.16. The predicted octanol–water partition coefficient (Wildman–Crippen LogP) is 3.12. The maximum atomic E-state index is 6.02. The Kier molecular flexibility index (Phi) is 5.24. The Morgan fingerprint density at radius 3 is 2.91 bits per heavy atom. The second-order valence-corrected chi connectivity index (χ2v) is 7.35. The molecule has 2 aliphatic rings. The van der Waals surface area contributed by atoms with Gasteiger partial charge in [-0.15, -0.1) is 0 Å². The fourth-order valence-electron chi connectivity index (χ4n) is 3.44. The first kappa shape index (κ1) is 15.7. The second-order valence-electron chi connectivity index (χ2n) is 6.43. The fraction of sp³-hybridized carbons (Fsp3) is 0.588. The third-order valence-corrected chi connectivity index (χ3v) is 5.18. The summed E-state index contributed by atoms with van der Waals surface area (Å²) >= 11 is 3.54. The summed E-state index contributed by atoms with van der Waals surface area (Å²) in [5.74, 6) is 1.23. The largest absolute Gasteiger partial charge is 0.371 e. The van der Waals surface area contributed by atoms with Crippen molar-refractivity contribution >= 4 is 27.6 Å². The highest BCUT2D eigenvalue weighted by molar-refractivity contribution is 9.10. The Morgan fingerprint density at radius 2 is 2.14 bits per heavy atom. The molecule has 2 fully saturated rings. The summed E-state index contributed by atoms with van der Waals surface area (Å²) in [4.78, 5) is 7.00. The van der Waals surface area contributed by atoms with E-state index < -0.39 is 0 Å². The second kappa shape index (κ2) is 7.36. The lowest BCUT2D eigenvalue weighted by molar-refractivity contribution is 0.590. The molecule has 0 radical (unpaired) electrons. The van der Waals surface area contributed by atoms with Gasteiger partial charge in [0.05, 0.1) is 0 Å². The van der Waals surface area contributed by atoms with Crippen LogP contribution in [-0.4, -0.2) is 31.6 Å². The van der Waals surface area contributed by atoms with E-state index in [0.717, 1.165) is 24.1 Å². The molecule has 1 aliphatic carbocycles. The molecule has 5 heteroatoms. The van der Waals surface area contributed by atoms with Crippen LogP contribution in [0.4, 0.5) is 5.69 Å². The van der Waals surface area contributed by atoms with Crippen LogP contribution in [0.2, 0.25) is 0 Å². The average molecular weight is 365 g/mol. The van der Waals surface area contributed by atoms with Gasteiger partial charge in [-0.05, 0) is 43.4 Å². The van der Waals surface area contributed by atoms with Crippen molar-refractivity contribution < 1.29 is 0 Å². The lowest BCUT2D eigenvalue weighted by Crippen LogP contribution is -2.38. The zero-order valence-electron chi connectivity index (χ0n) is 13.0. The molecule has 3 N–H and O–H groups in total. The summed E-state index contributed by atoms with van der Waals surface area (Å²) < 4.78 is 1.14. The van der Waals surface area contributed by atoms with Crippen molar-refractivity contribution in [3.05, 3.63) is 28.7 Å². The molecular weight excluding hydrogens is 340 g/mol. The number of nitrogens with zero attached hydrogens (tertiary/aromatic N) is 2. The lowest BCUT2D eigenvalue weighted by atomic mass is 10.1. The van der Waals surface area contributed by atoms with Gasteiger partial charge < -0.3 is 16.0 Å². The molecule has 120 valence electrons.